The number of rotatable bonds is 1. The number of allylic oxidation sites excluding steroid dienone is 3. The van der Waals surface area contributed by atoms with E-state index in [1.54, 1.807) is 12.1 Å². The first kappa shape index (κ1) is 14.4. The molecule has 5 rings (SSSR count). The van der Waals surface area contributed by atoms with Crippen molar-refractivity contribution in [2.75, 3.05) is 0 Å². The molecule has 0 unspecified atom stereocenters. The summed E-state index contributed by atoms with van der Waals surface area (Å²) in [6, 6.07) is 9.43. The Bertz CT molecular complexity index is 1070. The van der Waals surface area contributed by atoms with Crippen LogP contribution in [0.25, 0.3) is 11.0 Å². The smallest absolute Gasteiger partial charge is 0.343 e. The van der Waals surface area contributed by atoms with Crippen molar-refractivity contribution >= 4 is 11.0 Å². The van der Waals surface area contributed by atoms with Crippen LogP contribution in [-0.4, -0.2) is 0 Å². The molecule has 3 atom stereocenters. The van der Waals surface area contributed by atoms with Gasteiger partial charge in [0.25, 0.3) is 0 Å². The molecule has 2 aromatic rings. The average molecular weight is 332 g/mol. The maximum Gasteiger partial charge on any atom is 0.343 e. The van der Waals surface area contributed by atoms with Gasteiger partial charge in [-0.15, -0.1) is 0 Å². The zero-order chi connectivity index (χ0) is 17.2. The molecule has 2 aliphatic carbocycles. The lowest BCUT2D eigenvalue weighted by molar-refractivity contribution is 0.299. The topological polar surface area (TPSA) is 89.3 Å². The van der Waals surface area contributed by atoms with Gasteiger partial charge in [-0.05, 0) is 37.3 Å². The van der Waals surface area contributed by atoms with E-state index in [1.165, 1.54) is 0 Å². The van der Waals surface area contributed by atoms with Crippen LogP contribution in [0.5, 0.6) is 5.75 Å². The number of benzene rings is 1. The van der Waals surface area contributed by atoms with E-state index in [9.17, 15) is 10.1 Å². The summed E-state index contributed by atoms with van der Waals surface area (Å²) in [5, 5.41) is 10.4. The Balaban J connectivity index is 1.85. The lowest BCUT2D eigenvalue weighted by atomic mass is 9.67. The van der Waals surface area contributed by atoms with Crippen molar-refractivity contribution in [1.29, 1.82) is 5.26 Å². The Labute approximate surface area is 144 Å². The van der Waals surface area contributed by atoms with E-state index in [2.05, 4.69) is 18.2 Å². The number of hydrogen-bond donors (Lipinski definition) is 1. The second-order valence-electron chi connectivity index (χ2n) is 7.15. The summed E-state index contributed by atoms with van der Waals surface area (Å²) >= 11 is 0. The SMILES string of the molecule is N#CC1=C(N)Oc2c(c(=O)oc3ccccc23)[C@H]1[C@]12C=C[C@H](CC1)C2. The van der Waals surface area contributed by atoms with Crippen molar-refractivity contribution in [3.8, 4) is 11.8 Å². The summed E-state index contributed by atoms with van der Waals surface area (Å²) in [6.45, 7) is 0. The number of ether oxygens (including phenoxy) is 1. The average Bonchev–Trinajstić information content (AvgIpc) is 3.23. The van der Waals surface area contributed by atoms with Crippen LogP contribution in [-0.2, 0) is 0 Å². The highest BCUT2D eigenvalue weighted by molar-refractivity contribution is 5.85. The predicted molar refractivity (Wildman–Crippen MR) is 91.6 cm³/mol. The highest BCUT2D eigenvalue weighted by Gasteiger charge is 2.52. The molecule has 5 heteroatoms. The van der Waals surface area contributed by atoms with E-state index in [4.69, 9.17) is 14.9 Å². The first-order valence-corrected chi connectivity index (χ1v) is 8.46. The van der Waals surface area contributed by atoms with Gasteiger partial charge in [-0.1, -0.05) is 24.3 Å². The van der Waals surface area contributed by atoms with Gasteiger partial charge in [0.2, 0.25) is 5.88 Å². The lowest BCUT2D eigenvalue weighted by Crippen LogP contribution is -2.34. The third-order valence-corrected chi connectivity index (χ3v) is 5.87. The van der Waals surface area contributed by atoms with Crippen LogP contribution in [0.4, 0.5) is 0 Å². The van der Waals surface area contributed by atoms with Gasteiger partial charge in [-0.2, -0.15) is 5.26 Å². The summed E-state index contributed by atoms with van der Waals surface area (Å²) in [5.74, 6) is 0.631. The Kier molecular flexibility index (Phi) is 2.73. The fourth-order valence-corrected chi connectivity index (χ4v) is 4.79. The molecule has 2 N–H and O–H groups in total. The number of para-hydroxylation sites is 1. The molecule has 0 radical (unpaired) electrons. The summed E-state index contributed by atoms with van der Waals surface area (Å²) in [5.41, 5.74) is 6.63. The second kappa shape index (κ2) is 4.76. The minimum atomic E-state index is -0.447. The standard InChI is InChI=1S/C20H16N2O3/c21-10-13-16(20-7-5-11(9-20)6-8-20)15-17(25-18(13)22)12-3-1-2-4-14(12)24-19(15)23/h1-5,7,11,16H,6,8-9,22H2/t11-,16+,20-/m1/s1. The fraction of sp³-hybridized carbons (Fsp3) is 0.300. The molecule has 5 nitrogen and oxygen atoms in total. The Morgan fingerprint density at radius 2 is 2.16 bits per heavy atom. The minimum absolute atomic E-state index is 0.0916. The van der Waals surface area contributed by atoms with Crippen LogP contribution in [0.15, 0.2) is 57.1 Å². The zero-order valence-corrected chi connectivity index (χ0v) is 13.5. The highest BCUT2D eigenvalue weighted by atomic mass is 16.5. The Hall–Kier alpha value is -3.00. The Morgan fingerprint density at radius 1 is 1.32 bits per heavy atom. The molecular formula is C20H16N2O3. The van der Waals surface area contributed by atoms with Crippen LogP contribution in [0.3, 0.4) is 0 Å². The van der Waals surface area contributed by atoms with E-state index >= 15 is 0 Å². The highest BCUT2D eigenvalue weighted by Crippen LogP contribution is 2.60. The summed E-state index contributed by atoms with van der Waals surface area (Å²) in [4.78, 5) is 12.8. The van der Waals surface area contributed by atoms with Crippen LogP contribution < -0.4 is 16.1 Å². The molecule has 1 saturated carbocycles. The maximum atomic E-state index is 12.8. The van der Waals surface area contributed by atoms with Gasteiger partial charge in [0.1, 0.15) is 11.7 Å². The van der Waals surface area contributed by atoms with E-state index in [0.717, 1.165) is 19.3 Å². The number of hydrogen-bond acceptors (Lipinski definition) is 5. The molecule has 0 saturated heterocycles. The fourth-order valence-electron chi connectivity index (χ4n) is 4.79. The van der Waals surface area contributed by atoms with Gasteiger partial charge in [0.15, 0.2) is 5.75 Å². The van der Waals surface area contributed by atoms with Crippen LogP contribution in [0.2, 0.25) is 0 Å². The first-order chi connectivity index (χ1) is 12.1. The van der Waals surface area contributed by atoms with Crippen molar-refractivity contribution in [3.63, 3.8) is 0 Å². The lowest BCUT2D eigenvalue weighted by Gasteiger charge is -2.36. The molecule has 2 bridgehead atoms. The van der Waals surface area contributed by atoms with Crippen molar-refractivity contribution in [1.82, 2.24) is 0 Å². The summed E-state index contributed by atoms with van der Waals surface area (Å²) in [7, 11) is 0. The van der Waals surface area contributed by atoms with Crippen molar-refractivity contribution in [2.45, 2.75) is 25.2 Å². The van der Waals surface area contributed by atoms with E-state index in [1.807, 2.05) is 12.1 Å². The van der Waals surface area contributed by atoms with Gasteiger partial charge in [0, 0.05) is 11.3 Å². The van der Waals surface area contributed by atoms with Gasteiger partial charge in [-0.3, -0.25) is 0 Å². The maximum absolute atomic E-state index is 12.8. The molecule has 124 valence electrons. The van der Waals surface area contributed by atoms with E-state index in [-0.39, 0.29) is 11.3 Å². The first-order valence-electron chi connectivity index (χ1n) is 8.46. The van der Waals surface area contributed by atoms with Crippen LogP contribution in [0.1, 0.15) is 30.7 Å². The van der Waals surface area contributed by atoms with Gasteiger partial charge in [0.05, 0.1) is 16.5 Å². The molecule has 1 aromatic carbocycles. The quantitative estimate of drug-likeness (QED) is 0.639. The van der Waals surface area contributed by atoms with Crippen molar-refractivity contribution in [3.05, 3.63) is 63.9 Å². The Morgan fingerprint density at radius 3 is 2.84 bits per heavy atom. The van der Waals surface area contributed by atoms with Crippen molar-refractivity contribution < 1.29 is 9.15 Å². The number of fused-ring (bicyclic) bond motifs is 5. The summed E-state index contributed by atoms with van der Waals surface area (Å²) < 4.78 is 11.3. The van der Waals surface area contributed by atoms with Gasteiger partial charge < -0.3 is 14.9 Å². The van der Waals surface area contributed by atoms with Gasteiger partial charge >= 0.3 is 5.63 Å². The molecule has 0 spiro atoms. The van der Waals surface area contributed by atoms with Crippen LogP contribution in [0, 0.1) is 22.7 Å². The second-order valence-corrected chi connectivity index (χ2v) is 7.15. The monoisotopic (exact) mass is 332 g/mol. The zero-order valence-electron chi connectivity index (χ0n) is 13.5. The number of nitrogens with zero attached hydrogens (tertiary/aromatic N) is 1. The molecule has 1 aromatic heterocycles. The largest absolute Gasteiger partial charge is 0.439 e. The number of nitriles is 1. The molecule has 2 heterocycles. The minimum Gasteiger partial charge on any atom is -0.439 e. The summed E-state index contributed by atoms with van der Waals surface area (Å²) in [6.07, 6.45) is 7.30. The van der Waals surface area contributed by atoms with E-state index < -0.39 is 11.5 Å². The third kappa shape index (κ3) is 1.79. The van der Waals surface area contributed by atoms with E-state index in [0.29, 0.717) is 33.8 Å². The molecule has 25 heavy (non-hydrogen) atoms. The number of nitrogens with two attached hydrogens (primary N) is 1. The molecule has 3 aliphatic rings. The predicted octanol–water partition coefficient (Wildman–Crippen LogP) is 3.32. The van der Waals surface area contributed by atoms with Gasteiger partial charge in [-0.25, -0.2) is 4.79 Å². The molecule has 1 fully saturated rings. The van der Waals surface area contributed by atoms with Crippen molar-refractivity contribution in [2.24, 2.45) is 17.1 Å². The molecular weight excluding hydrogens is 316 g/mol. The molecule has 1 aliphatic heterocycles. The van der Waals surface area contributed by atoms with Crippen LogP contribution >= 0.6 is 0 Å². The third-order valence-electron chi connectivity index (χ3n) is 5.87. The normalized spacial score (nSPS) is 29.6. The molecule has 0 amide bonds.